The fourth-order valence-electron chi connectivity index (χ4n) is 5.66. The average molecular weight is 512 g/mol. The maximum absolute atomic E-state index is 2.42. The van der Waals surface area contributed by atoms with Crippen LogP contribution < -0.4 is 0 Å². The molecular formula is C34H24Se. The van der Waals surface area contributed by atoms with Crippen LogP contribution in [0.4, 0.5) is 0 Å². The molecule has 1 heteroatoms. The molecule has 0 nitrogen and oxygen atoms in total. The van der Waals surface area contributed by atoms with Gasteiger partial charge in [0.1, 0.15) is 0 Å². The van der Waals surface area contributed by atoms with Crippen LogP contribution in [0.3, 0.4) is 0 Å². The molecule has 7 rings (SSSR count). The van der Waals surface area contributed by atoms with Crippen molar-refractivity contribution in [1.29, 1.82) is 0 Å². The predicted octanol–water partition coefficient (Wildman–Crippen LogP) is 8.71. The molecule has 0 bridgehead atoms. The van der Waals surface area contributed by atoms with E-state index in [0.29, 0.717) is 15.0 Å². The SMILES string of the molecule is c1ccc(-c2cc3ccccc3c3c2C[Se]Cc2c(-c4ccccc4)cc4ccccc4c2-3)cc1. The first-order valence-corrected chi connectivity index (χ1v) is 14.6. The summed E-state index contributed by atoms with van der Waals surface area (Å²) in [6.07, 6.45) is 0. The molecule has 0 aromatic heterocycles. The Balaban J connectivity index is 1.68. The van der Waals surface area contributed by atoms with E-state index in [2.05, 4.69) is 121 Å². The standard InChI is InChI=1S/C34H24Se/c1-3-11-23(12-4-1)29-19-25-15-7-9-17-27(25)33-31(29)21-35-22-32-30(24-13-5-2-6-14-24)20-26-16-8-10-18-28(26)34(32)33/h1-20H,21-22H2. The summed E-state index contributed by atoms with van der Waals surface area (Å²) >= 11 is 0.484. The third kappa shape index (κ3) is 3.43. The molecular weight excluding hydrogens is 487 g/mol. The molecule has 0 aliphatic carbocycles. The summed E-state index contributed by atoms with van der Waals surface area (Å²) in [5.74, 6) is 0. The Bertz CT molecular complexity index is 1570. The molecule has 6 aromatic carbocycles. The van der Waals surface area contributed by atoms with Crippen LogP contribution in [0.2, 0.25) is 0 Å². The van der Waals surface area contributed by atoms with Crippen molar-refractivity contribution in [1.82, 2.24) is 0 Å². The summed E-state index contributed by atoms with van der Waals surface area (Å²) in [7, 11) is 0. The molecule has 0 N–H and O–H groups in total. The van der Waals surface area contributed by atoms with Crippen molar-refractivity contribution in [3.63, 3.8) is 0 Å². The third-order valence-electron chi connectivity index (χ3n) is 7.23. The van der Waals surface area contributed by atoms with E-state index in [0.717, 1.165) is 10.6 Å². The molecule has 0 unspecified atom stereocenters. The Labute approximate surface area is 212 Å². The Kier molecular flexibility index (Phi) is 5.05. The van der Waals surface area contributed by atoms with Gasteiger partial charge in [-0.15, -0.1) is 0 Å². The first-order chi connectivity index (χ1) is 17.4. The average Bonchev–Trinajstić information content (AvgIpc) is 3.14. The van der Waals surface area contributed by atoms with E-state index in [1.807, 2.05) is 0 Å². The molecule has 0 radical (unpaired) electrons. The number of hydrogen-bond donors (Lipinski definition) is 0. The zero-order chi connectivity index (χ0) is 23.2. The summed E-state index contributed by atoms with van der Waals surface area (Å²) in [6.45, 7) is 0. The van der Waals surface area contributed by atoms with Gasteiger partial charge in [0.2, 0.25) is 0 Å². The predicted molar refractivity (Wildman–Crippen MR) is 151 cm³/mol. The van der Waals surface area contributed by atoms with Crippen molar-refractivity contribution in [2.75, 3.05) is 0 Å². The second kappa shape index (κ2) is 8.54. The Morgan fingerprint density at radius 3 is 1.29 bits per heavy atom. The Morgan fingerprint density at radius 2 is 0.829 bits per heavy atom. The van der Waals surface area contributed by atoms with Crippen LogP contribution in [0.15, 0.2) is 121 Å². The molecule has 0 saturated heterocycles. The van der Waals surface area contributed by atoms with Crippen molar-refractivity contribution < 1.29 is 0 Å². The van der Waals surface area contributed by atoms with Crippen molar-refractivity contribution in [3.8, 4) is 33.4 Å². The molecule has 0 spiro atoms. The molecule has 1 aliphatic rings. The zero-order valence-electron chi connectivity index (χ0n) is 19.4. The van der Waals surface area contributed by atoms with Gasteiger partial charge in [0.25, 0.3) is 0 Å². The van der Waals surface area contributed by atoms with Gasteiger partial charge >= 0.3 is 213 Å². The van der Waals surface area contributed by atoms with Crippen LogP contribution in [0.1, 0.15) is 11.1 Å². The number of rotatable bonds is 2. The fraction of sp³-hybridized carbons (Fsp3) is 0.0588. The molecule has 166 valence electrons. The summed E-state index contributed by atoms with van der Waals surface area (Å²) in [5.41, 5.74) is 11.4. The van der Waals surface area contributed by atoms with E-state index < -0.39 is 0 Å². The molecule has 1 aliphatic heterocycles. The Hall–Kier alpha value is -3.64. The molecule has 35 heavy (non-hydrogen) atoms. The molecule has 0 saturated carbocycles. The maximum atomic E-state index is 2.42. The van der Waals surface area contributed by atoms with Crippen molar-refractivity contribution in [3.05, 3.63) is 132 Å². The van der Waals surface area contributed by atoms with E-state index in [4.69, 9.17) is 0 Å². The van der Waals surface area contributed by atoms with E-state index >= 15 is 0 Å². The molecule has 0 amide bonds. The van der Waals surface area contributed by atoms with Crippen molar-refractivity contribution in [2.45, 2.75) is 10.6 Å². The molecule has 0 fully saturated rings. The number of hydrogen-bond acceptors (Lipinski definition) is 0. The second-order valence-corrected chi connectivity index (χ2v) is 11.3. The van der Waals surface area contributed by atoms with Gasteiger partial charge in [-0.25, -0.2) is 0 Å². The van der Waals surface area contributed by atoms with Crippen molar-refractivity contribution >= 4 is 36.5 Å². The van der Waals surface area contributed by atoms with Crippen LogP contribution >= 0.6 is 0 Å². The van der Waals surface area contributed by atoms with Gasteiger partial charge in [0, 0.05) is 0 Å². The zero-order valence-corrected chi connectivity index (χ0v) is 21.1. The second-order valence-electron chi connectivity index (χ2n) is 9.22. The van der Waals surface area contributed by atoms with Crippen molar-refractivity contribution in [2.24, 2.45) is 0 Å². The molecule has 0 atom stereocenters. The van der Waals surface area contributed by atoms with E-state index in [-0.39, 0.29) is 0 Å². The van der Waals surface area contributed by atoms with Gasteiger partial charge in [0.05, 0.1) is 0 Å². The van der Waals surface area contributed by atoms with Gasteiger partial charge in [0.15, 0.2) is 0 Å². The minimum absolute atomic E-state index is 0.484. The number of benzene rings is 6. The van der Waals surface area contributed by atoms with Crippen LogP contribution in [-0.2, 0) is 10.6 Å². The van der Waals surface area contributed by atoms with E-state index in [1.165, 1.54) is 66.1 Å². The van der Waals surface area contributed by atoms with Gasteiger partial charge in [-0.3, -0.25) is 0 Å². The van der Waals surface area contributed by atoms with E-state index in [1.54, 1.807) is 0 Å². The fourth-order valence-corrected chi connectivity index (χ4v) is 7.99. The van der Waals surface area contributed by atoms with Crippen LogP contribution in [-0.4, -0.2) is 15.0 Å². The van der Waals surface area contributed by atoms with Gasteiger partial charge in [-0.1, -0.05) is 0 Å². The summed E-state index contributed by atoms with van der Waals surface area (Å²) < 4.78 is 0. The Morgan fingerprint density at radius 1 is 0.429 bits per heavy atom. The van der Waals surface area contributed by atoms with Gasteiger partial charge in [-0.2, -0.15) is 0 Å². The molecule has 6 aromatic rings. The first kappa shape index (κ1) is 20.7. The third-order valence-corrected chi connectivity index (χ3v) is 9.29. The minimum atomic E-state index is 0.484. The molecule has 1 heterocycles. The monoisotopic (exact) mass is 512 g/mol. The summed E-state index contributed by atoms with van der Waals surface area (Å²) in [6, 6.07) is 44.7. The topological polar surface area (TPSA) is 0 Å². The van der Waals surface area contributed by atoms with Crippen LogP contribution in [0.25, 0.3) is 54.9 Å². The summed E-state index contributed by atoms with van der Waals surface area (Å²) in [4.78, 5) is 0. The van der Waals surface area contributed by atoms with E-state index in [9.17, 15) is 0 Å². The quantitative estimate of drug-likeness (QED) is 0.204. The van der Waals surface area contributed by atoms with Gasteiger partial charge < -0.3 is 0 Å². The normalized spacial score (nSPS) is 12.8. The summed E-state index contributed by atoms with van der Waals surface area (Å²) in [5, 5.41) is 7.68. The van der Waals surface area contributed by atoms with Gasteiger partial charge in [-0.05, 0) is 0 Å². The van der Waals surface area contributed by atoms with Crippen LogP contribution in [0.5, 0.6) is 0 Å². The first-order valence-electron chi connectivity index (χ1n) is 12.2. The van der Waals surface area contributed by atoms with Crippen LogP contribution in [0, 0.1) is 0 Å². The number of fused-ring (bicyclic) bond motifs is 7.